The van der Waals surface area contributed by atoms with Gasteiger partial charge >= 0.3 is 0 Å². The van der Waals surface area contributed by atoms with E-state index in [1.165, 1.54) is 99.6 Å². The van der Waals surface area contributed by atoms with E-state index in [1.54, 1.807) is 11.1 Å². The van der Waals surface area contributed by atoms with E-state index in [0.717, 1.165) is 52.4 Å². The molecule has 0 radical (unpaired) electrons. The zero-order valence-corrected chi connectivity index (χ0v) is 33.8. The van der Waals surface area contributed by atoms with Gasteiger partial charge in [-0.25, -0.2) is 0 Å². The Morgan fingerprint density at radius 1 is 0.388 bits per heavy atom. The zero-order valence-electron chi connectivity index (χ0n) is 33.8. The summed E-state index contributed by atoms with van der Waals surface area (Å²) in [4.78, 5) is 14.5. The lowest BCUT2D eigenvalue weighted by Crippen LogP contribution is -2.35. The lowest BCUT2D eigenvalue weighted by Gasteiger charge is -2.33. The Morgan fingerprint density at radius 2 is 0.714 bits per heavy atom. The largest absolute Gasteiger partial charge is 0.308 e. The van der Waals surface area contributed by atoms with Crippen molar-refractivity contribution in [1.29, 1.82) is 0 Å². The number of likely N-dealkylation sites (N-methyl/N-ethyl adjacent to an activating group) is 6. The van der Waals surface area contributed by atoms with Gasteiger partial charge in [0.2, 0.25) is 0 Å². The lowest BCUT2D eigenvalue weighted by molar-refractivity contribution is 0.235. The number of unbranched alkanes of at least 4 members (excludes halogenated alkanes) is 6. The molecule has 6 nitrogen and oxygen atoms in total. The Hall–Kier alpha value is -1.80. The van der Waals surface area contributed by atoms with E-state index in [-0.39, 0.29) is 5.41 Å². The van der Waals surface area contributed by atoms with Crippen molar-refractivity contribution in [2.75, 3.05) is 122 Å². The fourth-order valence-electron chi connectivity index (χ4n) is 7.58. The molecule has 2 aromatic carbocycles. The quantitative estimate of drug-likeness (QED) is 0.0967. The fraction of sp³-hybridized carbons (Fsp3) is 0.721. The number of aryl methyl sites for hydroxylation is 2. The Kier molecular flexibility index (Phi) is 18.3. The summed E-state index contributed by atoms with van der Waals surface area (Å²) in [6.45, 7) is 16.1. The van der Waals surface area contributed by atoms with Crippen LogP contribution in [0.15, 0.2) is 36.4 Å². The SMILES string of the molecule is Cc1ccc2c(c1)C(CCCCCCN(C)CCN(C)CCN(C)C)(CCCCCCN(C)CCN(C)CCN(C)C)c1cc(C)ccc1-2. The van der Waals surface area contributed by atoms with Crippen molar-refractivity contribution in [1.82, 2.24) is 29.4 Å². The second kappa shape index (κ2) is 21.5. The second-order valence-corrected chi connectivity index (χ2v) is 16.3. The maximum atomic E-state index is 2.54. The molecule has 0 heterocycles. The van der Waals surface area contributed by atoms with Gasteiger partial charge in [0.15, 0.2) is 0 Å². The van der Waals surface area contributed by atoms with Gasteiger partial charge in [0.25, 0.3) is 0 Å². The smallest absolute Gasteiger partial charge is 0.0215 e. The van der Waals surface area contributed by atoms with Crippen LogP contribution in [0.1, 0.15) is 86.5 Å². The lowest BCUT2D eigenvalue weighted by atomic mass is 9.70. The van der Waals surface area contributed by atoms with Gasteiger partial charge in [-0.3, -0.25) is 0 Å². The Bertz CT molecular complexity index is 1120. The van der Waals surface area contributed by atoms with Crippen LogP contribution in [0.2, 0.25) is 0 Å². The van der Waals surface area contributed by atoms with E-state index in [4.69, 9.17) is 0 Å². The highest BCUT2D eigenvalue weighted by atomic mass is 15.2. The molecule has 0 aromatic heterocycles. The third-order valence-corrected chi connectivity index (χ3v) is 11.0. The Balaban J connectivity index is 1.52. The predicted molar refractivity (Wildman–Crippen MR) is 215 cm³/mol. The third-order valence-electron chi connectivity index (χ3n) is 11.0. The average molecular weight is 677 g/mol. The minimum Gasteiger partial charge on any atom is -0.308 e. The van der Waals surface area contributed by atoms with Crippen LogP contribution >= 0.6 is 0 Å². The normalized spacial score (nSPS) is 14.0. The van der Waals surface area contributed by atoms with Gasteiger partial charge in [0.05, 0.1) is 0 Å². The molecule has 3 rings (SSSR count). The first-order chi connectivity index (χ1) is 23.4. The molecule has 0 saturated carbocycles. The summed E-state index contributed by atoms with van der Waals surface area (Å²) >= 11 is 0. The van der Waals surface area contributed by atoms with Crippen molar-refractivity contribution in [2.24, 2.45) is 0 Å². The van der Waals surface area contributed by atoms with Crippen molar-refractivity contribution >= 4 is 0 Å². The first-order valence-corrected chi connectivity index (χ1v) is 19.7. The highest BCUT2D eigenvalue weighted by Gasteiger charge is 2.42. The minimum atomic E-state index is 0.157. The van der Waals surface area contributed by atoms with Crippen LogP contribution in [0.4, 0.5) is 0 Å². The first kappa shape index (κ1) is 41.6. The van der Waals surface area contributed by atoms with E-state index >= 15 is 0 Å². The molecule has 6 heteroatoms. The summed E-state index contributed by atoms with van der Waals surface area (Å²) in [7, 11) is 17.7. The van der Waals surface area contributed by atoms with Crippen LogP contribution in [-0.4, -0.2) is 151 Å². The summed E-state index contributed by atoms with van der Waals surface area (Å²) in [5.74, 6) is 0. The van der Waals surface area contributed by atoms with Crippen molar-refractivity contribution in [3.8, 4) is 11.1 Å². The van der Waals surface area contributed by atoms with Gasteiger partial charge in [0, 0.05) is 57.8 Å². The maximum absolute atomic E-state index is 2.54. The van der Waals surface area contributed by atoms with Crippen molar-refractivity contribution in [3.05, 3.63) is 58.7 Å². The molecule has 0 fully saturated rings. The van der Waals surface area contributed by atoms with Crippen LogP contribution in [-0.2, 0) is 5.41 Å². The van der Waals surface area contributed by atoms with Crippen LogP contribution in [0, 0.1) is 13.8 Å². The van der Waals surface area contributed by atoms with E-state index in [0.29, 0.717) is 0 Å². The third kappa shape index (κ3) is 14.0. The van der Waals surface area contributed by atoms with Crippen LogP contribution in [0.3, 0.4) is 0 Å². The molecular formula is C43H76N6. The number of hydrogen-bond donors (Lipinski definition) is 0. The fourth-order valence-corrected chi connectivity index (χ4v) is 7.58. The molecule has 0 unspecified atom stereocenters. The highest BCUT2D eigenvalue weighted by molar-refractivity contribution is 5.81. The number of benzene rings is 2. The van der Waals surface area contributed by atoms with Crippen LogP contribution in [0.25, 0.3) is 11.1 Å². The summed E-state index contributed by atoms with van der Waals surface area (Å²) in [6.07, 6.45) is 13.1. The van der Waals surface area contributed by atoms with Gasteiger partial charge < -0.3 is 29.4 Å². The molecule has 0 N–H and O–H groups in total. The van der Waals surface area contributed by atoms with Gasteiger partial charge in [-0.1, -0.05) is 86.1 Å². The van der Waals surface area contributed by atoms with Gasteiger partial charge in [-0.15, -0.1) is 0 Å². The van der Waals surface area contributed by atoms with Gasteiger partial charge in [-0.05, 0) is 131 Å². The van der Waals surface area contributed by atoms with Gasteiger partial charge in [-0.2, -0.15) is 0 Å². The topological polar surface area (TPSA) is 19.4 Å². The van der Waals surface area contributed by atoms with Crippen molar-refractivity contribution in [3.63, 3.8) is 0 Å². The summed E-state index contributed by atoms with van der Waals surface area (Å²) < 4.78 is 0. The average Bonchev–Trinajstić information content (AvgIpc) is 3.31. The van der Waals surface area contributed by atoms with Crippen LogP contribution < -0.4 is 0 Å². The van der Waals surface area contributed by atoms with Gasteiger partial charge in [0.1, 0.15) is 0 Å². The monoisotopic (exact) mass is 677 g/mol. The predicted octanol–water partition coefficient (Wildman–Crippen LogP) is 7.32. The van der Waals surface area contributed by atoms with Crippen molar-refractivity contribution < 1.29 is 0 Å². The highest BCUT2D eigenvalue weighted by Crippen LogP contribution is 2.54. The molecular weight excluding hydrogens is 601 g/mol. The number of rotatable bonds is 26. The molecule has 1 aliphatic rings. The Morgan fingerprint density at radius 3 is 1.08 bits per heavy atom. The zero-order chi connectivity index (χ0) is 35.8. The molecule has 2 aromatic rings. The molecule has 0 atom stereocenters. The molecule has 0 amide bonds. The summed E-state index contributed by atoms with van der Waals surface area (Å²) in [6, 6.07) is 14.6. The standard InChI is InChI=1S/C43H76N6/c1-37-19-21-39-40-22-20-38(2)36-42(40)43(41(39)35-37,23-15-11-13-17-25-46(7)31-33-48(9)29-27-44(3)4)24-16-12-14-18-26-47(8)32-34-49(10)30-28-45(5)6/h19-22,35-36H,11-18,23-34H2,1-10H3. The molecule has 278 valence electrons. The molecule has 0 saturated heterocycles. The molecule has 0 spiro atoms. The van der Waals surface area contributed by atoms with E-state index in [1.807, 2.05) is 0 Å². The second-order valence-electron chi connectivity index (χ2n) is 16.3. The molecule has 49 heavy (non-hydrogen) atoms. The molecule has 0 aliphatic heterocycles. The summed E-state index contributed by atoms with van der Waals surface area (Å²) in [5, 5.41) is 0. The van der Waals surface area contributed by atoms with E-state index < -0.39 is 0 Å². The maximum Gasteiger partial charge on any atom is 0.0215 e. The molecule has 0 bridgehead atoms. The number of fused-ring (bicyclic) bond motifs is 3. The number of nitrogens with zero attached hydrogens (tertiary/aromatic N) is 6. The summed E-state index contributed by atoms with van der Waals surface area (Å²) in [5.41, 5.74) is 9.18. The van der Waals surface area contributed by atoms with E-state index in [2.05, 4.69) is 136 Å². The Labute approximate surface area is 303 Å². The first-order valence-electron chi connectivity index (χ1n) is 19.7. The number of hydrogen-bond acceptors (Lipinski definition) is 6. The van der Waals surface area contributed by atoms with Crippen molar-refractivity contribution in [2.45, 2.75) is 83.5 Å². The molecule has 1 aliphatic carbocycles. The van der Waals surface area contributed by atoms with Crippen LogP contribution in [0.5, 0.6) is 0 Å². The van der Waals surface area contributed by atoms with E-state index in [9.17, 15) is 0 Å². The minimum absolute atomic E-state index is 0.157.